The molecule has 2 fully saturated rings. The number of sulfonamides is 1. The van der Waals surface area contributed by atoms with Crippen LogP contribution in [0, 0.1) is 5.82 Å². The second-order valence-corrected chi connectivity index (χ2v) is 24.9. The summed E-state index contributed by atoms with van der Waals surface area (Å²) in [5, 5.41) is 22.3. The summed E-state index contributed by atoms with van der Waals surface area (Å²) in [7, 11) is -6.93. The van der Waals surface area contributed by atoms with E-state index in [4.69, 9.17) is 31.9 Å². The van der Waals surface area contributed by atoms with Crippen LogP contribution in [0.4, 0.5) is 49.9 Å². The van der Waals surface area contributed by atoms with Gasteiger partial charge in [-0.1, -0.05) is 29.8 Å². The highest BCUT2D eigenvalue weighted by molar-refractivity contribution is 7.90. The number of fused-ring (bicyclic) bond motifs is 3. The van der Waals surface area contributed by atoms with Gasteiger partial charge in [0.1, 0.15) is 5.82 Å². The number of nitrogens with two attached hydrogens (primary N) is 2. The molecular formula is C64H59ClFN15O7S2. The summed E-state index contributed by atoms with van der Waals surface area (Å²) in [6, 6.07) is 43.3. The number of morpholine rings is 2. The van der Waals surface area contributed by atoms with Crippen molar-refractivity contribution in [3.05, 3.63) is 212 Å². The number of hydrogen-bond acceptors (Lipinski definition) is 16. The molecule has 26 heteroatoms. The topological polar surface area (TPSA) is 279 Å². The molecule has 9 heterocycles. The zero-order chi connectivity index (χ0) is 62.5. The Bertz CT molecular complexity index is 4790. The van der Waals surface area contributed by atoms with Crippen molar-refractivity contribution in [3.63, 3.8) is 0 Å². The third-order valence-electron chi connectivity index (χ3n) is 15.1. The highest BCUT2D eigenvalue weighted by Crippen LogP contribution is 2.34. The van der Waals surface area contributed by atoms with E-state index in [0.717, 1.165) is 99.8 Å². The number of carbonyl (C=O) groups excluding carboxylic acids is 1. The van der Waals surface area contributed by atoms with Gasteiger partial charge in [-0.05, 0) is 133 Å². The van der Waals surface area contributed by atoms with E-state index in [-0.39, 0.29) is 21.3 Å². The molecule has 8 N–H and O–H groups in total. The molecule has 0 atom stereocenters. The molecule has 0 saturated carbocycles. The minimum absolute atomic E-state index is 0.0851. The van der Waals surface area contributed by atoms with Crippen molar-refractivity contribution in [3.8, 4) is 33.8 Å². The van der Waals surface area contributed by atoms with Gasteiger partial charge in [0.05, 0.1) is 92.8 Å². The monoisotopic (exact) mass is 1270 g/mol. The number of rotatable bonds is 14. The molecule has 7 aromatic heterocycles. The third kappa shape index (κ3) is 13.3. The fourth-order valence-electron chi connectivity index (χ4n) is 10.6. The smallest absolute Gasteiger partial charge is 0.250 e. The Labute approximate surface area is 521 Å². The average Bonchev–Trinajstić information content (AvgIpc) is 3.26. The summed E-state index contributed by atoms with van der Waals surface area (Å²) in [5.41, 5.74) is 19.7. The van der Waals surface area contributed by atoms with Crippen LogP contribution in [0.25, 0.3) is 50.7 Å². The van der Waals surface area contributed by atoms with E-state index in [1.54, 1.807) is 85.5 Å². The largest absolute Gasteiger partial charge is 0.378 e. The number of amides is 1. The van der Waals surface area contributed by atoms with Crippen LogP contribution in [0.3, 0.4) is 0 Å². The molecule has 458 valence electrons. The van der Waals surface area contributed by atoms with Crippen LogP contribution in [-0.2, 0) is 29.3 Å². The van der Waals surface area contributed by atoms with Gasteiger partial charge in [0.2, 0.25) is 15.9 Å². The first kappa shape index (κ1) is 60.1. The third-order valence-corrected chi connectivity index (χ3v) is 17.5. The van der Waals surface area contributed by atoms with Gasteiger partial charge in [-0.2, -0.15) is 5.10 Å². The van der Waals surface area contributed by atoms with Crippen LogP contribution in [0.1, 0.15) is 10.4 Å². The second-order valence-electron chi connectivity index (χ2n) is 21.0. The molecule has 2 aliphatic heterocycles. The predicted octanol–water partition coefficient (Wildman–Crippen LogP) is 10.6. The molecule has 14 rings (SSSR count). The number of carbonyl (C=O) groups is 1. The Balaban J connectivity index is 0.000000132. The van der Waals surface area contributed by atoms with Crippen LogP contribution in [0.2, 0.25) is 5.02 Å². The van der Waals surface area contributed by atoms with Crippen LogP contribution < -0.4 is 36.6 Å². The van der Waals surface area contributed by atoms with Crippen LogP contribution >= 0.6 is 11.6 Å². The van der Waals surface area contributed by atoms with Gasteiger partial charge in [0.25, 0.3) is 0 Å². The zero-order valence-corrected chi connectivity index (χ0v) is 50.6. The lowest BCUT2D eigenvalue weighted by molar-refractivity contribution is 0.1000. The van der Waals surface area contributed by atoms with E-state index in [0.29, 0.717) is 48.2 Å². The lowest BCUT2D eigenvalue weighted by atomic mass is 10.1. The Morgan fingerprint density at radius 1 is 0.567 bits per heavy atom. The number of pyridine rings is 3. The maximum absolute atomic E-state index is 14.8. The number of aromatic amines is 1. The number of hydrogen-bond donors (Lipinski definition) is 6. The summed E-state index contributed by atoms with van der Waals surface area (Å²) >= 11 is 6.24. The van der Waals surface area contributed by atoms with Crippen molar-refractivity contribution in [2.45, 2.75) is 9.79 Å². The SMILES string of the molecule is CS(=O)(=O)c1ccc(Nc2ccc(-c3cn[nH]c3)n3ccnc23)cc1.NC(=O)c1ccc(-c2ccc(Nc3ccc(N4CCOCC4)c(F)c3)c3nccn23)cc1Cl.NS(=O)(=O)c1ccc(-c2ccc(Nc3ccc(N4CCOCC4)cc3)c3nccn23)cc1. The van der Waals surface area contributed by atoms with Crippen molar-refractivity contribution >= 4 is 99.8 Å². The number of primary amides is 1. The summed E-state index contributed by atoms with van der Waals surface area (Å²) in [6.07, 6.45) is 15.5. The summed E-state index contributed by atoms with van der Waals surface area (Å²) in [6.45, 7) is 5.86. The Hall–Kier alpha value is -10.2. The number of nitrogens with one attached hydrogen (secondary N) is 4. The van der Waals surface area contributed by atoms with Crippen molar-refractivity contribution in [1.29, 1.82) is 0 Å². The molecule has 90 heavy (non-hydrogen) atoms. The number of aromatic nitrogens is 8. The molecule has 1 amide bonds. The van der Waals surface area contributed by atoms with Gasteiger partial charge >= 0.3 is 0 Å². The quantitative estimate of drug-likeness (QED) is 0.0590. The maximum atomic E-state index is 14.8. The Morgan fingerprint density at radius 2 is 1.03 bits per heavy atom. The standard InChI is InChI=1S/C24H21ClFN5O2.C23H23N5O3S.C17H15N5O2S/c25-18-13-15(1-3-17(18)23(27)32)21-6-4-20(24-28-7-8-31(21)24)29-16-2-5-22(19(26)14-16)30-9-11-33-12-10-30;24-32(29,30)20-7-1-17(2-8-20)22-10-9-21(23-25-11-12-28(22)23)26-18-3-5-19(6-4-18)27-13-15-31-16-14-27;1-25(23,24)14-4-2-13(3-5-14)21-15-6-7-16(12-10-19-20-11-12)22-9-8-18-17(15)22/h1-8,13-14,29H,9-12H2,(H2,27,32);1-12,26H,13-16H2,(H2,24,29,30);2-11,21H,1H3,(H,19,20). The molecule has 0 radical (unpaired) electrons. The van der Waals surface area contributed by atoms with E-state index in [9.17, 15) is 26.0 Å². The van der Waals surface area contributed by atoms with Gasteiger partial charge in [0, 0.05) is 110 Å². The molecular weight excluding hydrogens is 1210 g/mol. The number of sulfone groups is 1. The maximum Gasteiger partial charge on any atom is 0.250 e. The van der Waals surface area contributed by atoms with Crippen molar-refractivity contribution < 1.29 is 35.5 Å². The molecule has 2 aliphatic rings. The molecule has 5 aromatic carbocycles. The van der Waals surface area contributed by atoms with Crippen molar-refractivity contribution in [2.24, 2.45) is 10.9 Å². The molecule has 0 unspecified atom stereocenters. The first-order valence-corrected chi connectivity index (χ1v) is 32.1. The van der Waals surface area contributed by atoms with Gasteiger partial charge in [-0.3, -0.25) is 23.1 Å². The highest BCUT2D eigenvalue weighted by Gasteiger charge is 2.19. The fourth-order valence-corrected chi connectivity index (χ4v) is 12.0. The summed E-state index contributed by atoms with van der Waals surface area (Å²) < 4.78 is 77.6. The average molecular weight is 1270 g/mol. The first-order chi connectivity index (χ1) is 43.5. The minimum atomic E-state index is -3.72. The lowest BCUT2D eigenvalue weighted by Crippen LogP contribution is -2.36. The number of benzene rings is 5. The normalized spacial score (nSPS) is 13.6. The second kappa shape index (κ2) is 25.9. The van der Waals surface area contributed by atoms with E-state index in [1.165, 1.54) is 30.1 Å². The van der Waals surface area contributed by atoms with Crippen molar-refractivity contribution in [2.75, 3.05) is 84.6 Å². The van der Waals surface area contributed by atoms with Gasteiger partial charge in [-0.25, -0.2) is 41.3 Å². The van der Waals surface area contributed by atoms with Gasteiger partial charge in [-0.15, -0.1) is 0 Å². The molecule has 0 spiro atoms. The lowest BCUT2D eigenvalue weighted by Gasteiger charge is -2.29. The van der Waals surface area contributed by atoms with E-state index in [1.807, 2.05) is 85.4 Å². The number of imidazole rings is 3. The molecule has 22 nitrogen and oxygen atoms in total. The number of primary sulfonamides is 1. The van der Waals surface area contributed by atoms with Gasteiger partial charge < -0.3 is 41.0 Å². The number of nitrogens with zero attached hydrogens (tertiary/aromatic N) is 9. The summed E-state index contributed by atoms with van der Waals surface area (Å²) in [4.78, 5) is 29.5. The van der Waals surface area contributed by atoms with E-state index < -0.39 is 25.8 Å². The van der Waals surface area contributed by atoms with Crippen LogP contribution in [0.15, 0.2) is 205 Å². The number of H-pyrrole nitrogens is 1. The number of halogens is 2. The van der Waals surface area contributed by atoms with Crippen molar-refractivity contribution in [1.82, 2.24) is 38.4 Å². The summed E-state index contributed by atoms with van der Waals surface area (Å²) in [5.74, 6) is -0.868. The van der Waals surface area contributed by atoms with Gasteiger partial charge in [0.15, 0.2) is 26.8 Å². The number of anilines is 8. The number of ether oxygens (including phenoxy) is 2. The van der Waals surface area contributed by atoms with E-state index >= 15 is 0 Å². The first-order valence-electron chi connectivity index (χ1n) is 28.3. The molecule has 12 aromatic rings. The molecule has 0 aliphatic carbocycles. The Morgan fingerprint density at radius 3 is 1.51 bits per heavy atom. The Kier molecular flexibility index (Phi) is 17.3. The highest BCUT2D eigenvalue weighted by atomic mass is 35.5. The predicted molar refractivity (Wildman–Crippen MR) is 347 cm³/mol. The van der Waals surface area contributed by atoms with Crippen LogP contribution in [0.5, 0.6) is 0 Å². The minimum Gasteiger partial charge on any atom is -0.378 e. The molecule has 2 saturated heterocycles. The van der Waals surface area contributed by atoms with E-state index in [2.05, 4.69) is 70.3 Å². The fraction of sp³-hybridized carbons (Fsp3) is 0.141. The zero-order valence-electron chi connectivity index (χ0n) is 48.2. The molecule has 0 bridgehead atoms. The van der Waals surface area contributed by atoms with Crippen LogP contribution in [-0.4, -0.2) is 120 Å².